The number of carbonyl (C=O) groups excluding carboxylic acids is 1. The molecule has 0 heterocycles. The molecule has 0 saturated heterocycles. The highest BCUT2D eigenvalue weighted by molar-refractivity contribution is 7.84. The summed E-state index contributed by atoms with van der Waals surface area (Å²) in [5.74, 6) is 0.296. The minimum absolute atomic E-state index is 0.296. The van der Waals surface area contributed by atoms with Crippen LogP contribution in [0.5, 0.6) is 0 Å². The fourth-order valence-corrected chi connectivity index (χ4v) is 2.11. The molecule has 118 valence electrons. The van der Waals surface area contributed by atoms with Crippen LogP contribution in [-0.4, -0.2) is 5.78 Å². The van der Waals surface area contributed by atoms with Crippen LogP contribution in [0.3, 0.4) is 0 Å². The average Bonchev–Trinajstić information content (AvgIpc) is 2.44. The van der Waals surface area contributed by atoms with Gasteiger partial charge >= 0.3 is 0 Å². The fourth-order valence-electron chi connectivity index (χ4n) is 1.82. The van der Waals surface area contributed by atoms with Gasteiger partial charge in [0, 0.05) is 6.42 Å². The van der Waals surface area contributed by atoms with Crippen LogP contribution in [-0.2, 0) is 4.79 Å². The number of hydrogen-bond donors (Lipinski definition) is 1. The first kappa shape index (κ1) is 20.0. The van der Waals surface area contributed by atoms with Gasteiger partial charge in [0.05, 0.1) is 0 Å². The number of unbranched alkanes of at least 4 members (excludes halogenated alkanes) is 2. The summed E-state index contributed by atoms with van der Waals surface area (Å²) in [5, 5.41) is 0. The van der Waals surface area contributed by atoms with E-state index in [1.165, 1.54) is 0 Å². The topological polar surface area (TPSA) is 17.1 Å². The maximum absolute atomic E-state index is 10.8. The second kappa shape index (κ2) is 15.4. The lowest BCUT2D eigenvalue weighted by Gasteiger charge is -1.93. The summed E-state index contributed by atoms with van der Waals surface area (Å²) >= 11 is 4.39. The number of thiol groups is 1. The summed E-state index contributed by atoms with van der Waals surface area (Å²) in [4.78, 5) is 11.9. The fraction of sp³-hybridized carbons (Fsp3) is 0.526. The van der Waals surface area contributed by atoms with Gasteiger partial charge in [-0.25, -0.2) is 0 Å². The largest absolute Gasteiger partial charge is 0.300 e. The number of hydrogen-bond acceptors (Lipinski definition) is 2. The van der Waals surface area contributed by atoms with Crippen molar-refractivity contribution in [1.82, 2.24) is 0 Å². The first-order valence-corrected chi connectivity index (χ1v) is 8.44. The van der Waals surface area contributed by atoms with Crippen LogP contribution in [0.2, 0.25) is 0 Å². The molecular formula is C19H30OS. The Morgan fingerprint density at radius 1 is 0.952 bits per heavy atom. The van der Waals surface area contributed by atoms with Gasteiger partial charge in [-0.1, -0.05) is 49.5 Å². The highest BCUT2D eigenvalue weighted by atomic mass is 32.1. The van der Waals surface area contributed by atoms with Crippen LogP contribution in [0.15, 0.2) is 47.4 Å². The molecule has 0 spiro atoms. The minimum atomic E-state index is 0.296. The molecule has 0 saturated carbocycles. The Balaban J connectivity index is 3.49. The highest BCUT2D eigenvalue weighted by Gasteiger charge is 1.91. The monoisotopic (exact) mass is 306 g/mol. The van der Waals surface area contributed by atoms with Gasteiger partial charge in [-0.15, -0.1) is 12.6 Å². The summed E-state index contributed by atoms with van der Waals surface area (Å²) in [7, 11) is 0. The number of rotatable bonds is 12. The van der Waals surface area contributed by atoms with E-state index in [4.69, 9.17) is 0 Å². The Bertz CT molecular complexity index is 375. The van der Waals surface area contributed by atoms with Crippen molar-refractivity contribution in [1.29, 1.82) is 0 Å². The number of Topliss-reactive ketones (excluding diaryl/α,β-unsaturated/α-hetero) is 1. The molecule has 0 amide bonds. The van der Waals surface area contributed by atoms with Crippen molar-refractivity contribution < 1.29 is 4.79 Å². The van der Waals surface area contributed by atoms with Gasteiger partial charge in [0.25, 0.3) is 0 Å². The molecule has 0 fully saturated rings. The van der Waals surface area contributed by atoms with Gasteiger partial charge in [0.1, 0.15) is 5.78 Å². The molecule has 0 aromatic rings. The van der Waals surface area contributed by atoms with Gasteiger partial charge in [0.15, 0.2) is 0 Å². The lowest BCUT2D eigenvalue weighted by Crippen LogP contribution is -1.88. The standard InChI is InChI=1S/C19H30OS/c1-3-15-19(21)17-14-12-10-8-6-4-5-7-9-11-13-16-18(2)20/h5-8,12,14-15,21H,3-4,9-11,13,16-17H2,1-2H3/b7-5-,8-6-,14-12-,19-15+. The third kappa shape index (κ3) is 16.9. The number of ketones is 1. The van der Waals surface area contributed by atoms with E-state index in [1.807, 2.05) is 0 Å². The third-order valence-electron chi connectivity index (χ3n) is 2.96. The van der Waals surface area contributed by atoms with E-state index in [9.17, 15) is 4.79 Å². The zero-order valence-corrected chi connectivity index (χ0v) is 14.4. The summed E-state index contributed by atoms with van der Waals surface area (Å²) in [5.41, 5.74) is 0. The second-order valence-electron chi connectivity index (χ2n) is 5.14. The molecule has 2 heteroatoms. The summed E-state index contributed by atoms with van der Waals surface area (Å²) in [6, 6.07) is 0. The van der Waals surface area contributed by atoms with Crippen molar-refractivity contribution in [3.05, 3.63) is 47.4 Å². The van der Waals surface area contributed by atoms with E-state index in [0.29, 0.717) is 5.78 Å². The van der Waals surface area contributed by atoms with Crippen molar-refractivity contribution in [2.24, 2.45) is 0 Å². The quantitative estimate of drug-likeness (QED) is 0.258. The van der Waals surface area contributed by atoms with Crippen LogP contribution in [0.1, 0.15) is 65.2 Å². The van der Waals surface area contributed by atoms with Crippen LogP contribution < -0.4 is 0 Å². The minimum Gasteiger partial charge on any atom is -0.300 e. The SMILES string of the molecule is CC/C=C(/S)C/C=C\C/C=C\C/C=C\CCCCC(C)=O. The van der Waals surface area contributed by atoms with E-state index in [2.05, 4.69) is 62.1 Å². The van der Waals surface area contributed by atoms with Crippen LogP contribution in [0.25, 0.3) is 0 Å². The molecule has 1 nitrogen and oxygen atoms in total. The first-order valence-electron chi connectivity index (χ1n) is 7.99. The smallest absolute Gasteiger partial charge is 0.129 e. The average molecular weight is 307 g/mol. The molecule has 0 aliphatic rings. The second-order valence-corrected chi connectivity index (χ2v) is 5.72. The summed E-state index contributed by atoms with van der Waals surface area (Å²) in [6.07, 6.45) is 23.2. The zero-order valence-electron chi connectivity index (χ0n) is 13.6. The zero-order chi connectivity index (χ0) is 15.8. The van der Waals surface area contributed by atoms with E-state index >= 15 is 0 Å². The van der Waals surface area contributed by atoms with Crippen molar-refractivity contribution in [3.8, 4) is 0 Å². The van der Waals surface area contributed by atoms with Gasteiger partial charge in [0.2, 0.25) is 0 Å². The van der Waals surface area contributed by atoms with Crippen LogP contribution >= 0.6 is 12.6 Å². The molecule has 0 radical (unpaired) electrons. The molecule has 0 aromatic heterocycles. The highest BCUT2D eigenvalue weighted by Crippen LogP contribution is 2.08. The maximum atomic E-state index is 10.8. The van der Waals surface area contributed by atoms with E-state index in [0.717, 1.165) is 56.3 Å². The molecule has 0 N–H and O–H groups in total. The lowest BCUT2D eigenvalue weighted by molar-refractivity contribution is -0.117. The van der Waals surface area contributed by atoms with Crippen molar-refractivity contribution in [2.75, 3.05) is 0 Å². The van der Waals surface area contributed by atoms with Crippen molar-refractivity contribution in [2.45, 2.75) is 65.2 Å². The predicted octanol–water partition coefficient (Wildman–Crippen LogP) is 6.20. The van der Waals surface area contributed by atoms with Gasteiger partial charge in [-0.2, -0.15) is 0 Å². The number of carbonyl (C=O) groups is 1. The van der Waals surface area contributed by atoms with E-state index in [1.54, 1.807) is 6.92 Å². The van der Waals surface area contributed by atoms with Gasteiger partial charge < -0.3 is 4.79 Å². The van der Waals surface area contributed by atoms with Crippen LogP contribution in [0.4, 0.5) is 0 Å². The Morgan fingerprint density at radius 2 is 1.57 bits per heavy atom. The van der Waals surface area contributed by atoms with Crippen LogP contribution in [0, 0.1) is 0 Å². The molecule has 0 rings (SSSR count). The Labute approximate surface area is 136 Å². The van der Waals surface area contributed by atoms with Crippen molar-refractivity contribution in [3.63, 3.8) is 0 Å². The molecule has 0 bridgehead atoms. The normalized spacial score (nSPS) is 13.0. The molecule has 0 atom stereocenters. The maximum Gasteiger partial charge on any atom is 0.129 e. The van der Waals surface area contributed by atoms with E-state index in [-0.39, 0.29) is 0 Å². The first-order chi connectivity index (χ1) is 10.2. The lowest BCUT2D eigenvalue weighted by atomic mass is 10.1. The Kier molecular flexibility index (Phi) is 14.6. The van der Waals surface area contributed by atoms with E-state index < -0.39 is 0 Å². The molecule has 0 unspecified atom stereocenters. The summed E-state index contributed by atoms with van der Waals surface area (Å²) in [6.45, 7) is 3.78. The molecule has 0 aromatic carbocycles. The molecule has 0 aliphatic heterocycles. The Hall–Kier alpha value is -1.02. The van der Waals surface area contributed by atoms with Gasteiger partial charge in [-0.05, 0) is 56.8 Å². The Morgan fingerprint density at radius 3 is 2.19 bits per heavy atom. The van der Waals surface area contributed by atoms with Gasteiger partial charge in [-0.3, -0.25) is 0 Å². The molecular weight excluding hydrogens is 276 g/mol. The molecule has 0 aliphatic carbocycles. The van der Waals surface area contributed by atoms with Crippen molar-refractivity contribution >= 4 is 18.4 Å². The predicted molar refractivity (Wildman–Crippen MR) is 97.8 cm³/mol. The number of allylic oxidation sites excluding steroid dienone is 8. The third-order valence-corrected chi connectivity index (χ3v) is 3.33. The summed E-state index contributed by atoms with van der Waals surface area (Å²) < 4.78 is 0. The molecule has 21 heavy (non-hydrogen) atoms.